The van der Waals surface area contributed by atoms with Crippen molar-refractivity contribution < 1.29 is 14.6 Å². The van der Waals surface area contributed by atoms with Crippen molar-refractivity contribution >= 4 is 29.9 Å². The number of rotatable bonds is 7. The number of phenolic OH excluding ortho intramolecular Hbond substituents is 1. The predicted molar refractivity (Wildman–Crippen MR) is 122 cm³/mol. The average Bonchev–Trinajstić information content (AvgIpc) is 3.50. The first-order chi connectivity index (χ1) is 13.1. The van der Waals surface area contributed by atoms with E-state index in [9.17, 15) is 5.11 Å². The highest BCUT2D eigenvalue weighted by atomic mass is 127. The maximum Gasteiger partial charge on any atom is 0.200 e. The molecule has 0 bridgehead atoms. The summed E-state index contributed by atoms with van der Waals surface area (Å²) in [6.45, 7) is 1.38. The van der Waals surface area contributed by atoms with Crippen LogP contribution in [0.15, 0.2) is 47.5 Å². The molecule has 2 aromatic carbocycles. The van der Waals surface area contributed by atoms with Gasteiger partial charge >= 0.3 is 0 Å². The van der Waals surface area contributed by atoms with E-state index in [0.717, 1.165) is 18.1 Å². The van der Waals surface area contributed by atoms with E-state index >= 15 is 0 Å². The van der Waals surface area contributed by atoms with Crippen LogP contribution in [-0.2, 0) is 12.0 Å². The van der Waals surface area contributed by atoms with Crippen LogP contribution in [0.25, 0.3) is 0 Å². The minimum atomic E-state index is 0. The normalized spacial score (nSPS) is 14.6. The second-order valence-corrected chi connectivity index (χ2v) is 6.77. The number of hydrogen-bond donors (Lipinski definition) is 3. The van der Waals surface area contributed by atoms with E-state index in [-0.39, 0.29) is 35.1 Å². The number of nitrogens with zero attached hydrogens (tertiary/aromatic N) is 1. The third kappa shape index (κ3) is 5.01. The number of benzene rings is 2. The molecule has 0 saturated heterocycles. The number of aromatic hydroxyl groups is 1. The highest BCUT2D eigenvalue weighted by Gasteiger charge is 2.43. The second-order valence-electron chi connectivity index (χ2n) is 6.77. The Kier molecular flexibility index (Phi) is 7.79. The molecule has 0 atom stereocenters. The van der Waals surface area contributed by atoms with Crippen LogP contribution in [0, 0.1) is 0 Å². The lowest BCUT2D eigenvalue weighted by molar-refractivity contribution is 0.339. The summed E-state index contributed by atoms with van der Waals surface area (Å²) >= 11 is 0. The summed E-state index contributed by atoms with van der Waals surface area (Å²) in [6, 6.07) is 14.2. The Bertz CT molecular complexity index is 783. The van der Waals surface area contributed by atoms with Gasteiger partial charge in [0.1, 0.15) is 0 Å². The van der Waals surface area contributed by atoms with Crippen molar-refractivity contribution in [2.75, 3.05) is 27.8 Å². The minimum absolute atomic E-state index is 0. The van der Waals surface area contributed by atoms with E-state index < -0.39 is 0 Å². The van der Waals surface area contributed by atoms with Crippen molar-refractivity contribution in [1.82, 2.24) is 10.6 Å². The molecule has 3 N–H and O–H groups in total. The number of ether oxygens (including phenoxy) is 2. The van der Waals surface area contributed by atoms with Crippen molar-refractivity contribution in [3.8, 4) is 17.2 Å². The molecule has 1 saturated carbocycles. The van der Waals surface area contributed by atoms with E-state index in [0.29, 0.717) is 18.0 Å². The van der Waals surface area contributed by atoms with Gasteiger partial charge in [-0.1, -0.05) is 30.3 Å². The van der Waals surface area contributed by atoms with Crippen molar-refractivity contribution in [2.24, 2.45) is 4.99 Å². The Morgan fingerprint density at radius 1 is 1.07 bits per heavy atom. The Morgan fingerprint density at radius 3 is 2.18 bits per heavy atom. The number of hydrogen-bond acceptors (Lipinski definition) is 4. The molecule has 0 amide bonds. The fraction of sp³-hybridized carbons (Fsp3) is 0.381. The summed E-state index contributed by atoms with van der Waals surface area (Å²) in [6.07, 6.45) is 2.38. The zero-order chi connectivity index (χ0) is 19.3. The molecule has 1 aliphatic rings. The number of methoxy groups -OCH3 is 2. The van der Waals surface area contributed by atoms with Crippen molar-refractivity contribution in [3.05, 3.63) is 53.6 Å². The summed E-state index contributed by atoms with van der Waals surface area (Å²) in [7, 11) is 4.80. The summed E-state index contributed by atoms with van der Waals surface area (Å²) in [5, 5.41) is 16.8. The van der Waals surface area contributed by atoms with E-state index in [1.54, 1.807) is 19.2 Å². The Hall–Kier alpha value is -2.16. The van der Waals surface area contributed by atoms with Gasteiger partial charge in [0, 0.05) is 25.6 Å². The van der Waals surface area contributed by atoms with Gasteiger partial charge in [0.15, 0.2) is 17.5 Å². The van der Waals surface area contributed by atoms with Gasteiger partial charge in [0.25, 0.3) is 0 Å². The molecular weight excluding hydrogens is 469 g/mol. The zero-order valence-corrected chi connectivity index (χ0v) is 18.8. The van der Waals surface area contributed by atoms with Crippen LogP contribution in [0.4, 0.5) is 0 Å². The van der Waals surface area contributed by atoms with Gasteiger partial charge in [-0.3, -0.25) is 4.99 Å². The van der Waals surface area contributed by atoms with Gasteiger partial charge in [0.2, 0.25) is 5.75 Å². The lowest BCUT2D eigenvalue weighted by Gasteiger charge is -2.19. The van der Waals surface area contributed by atoms with Gasteiger partial charge < -0.3 is 25.2 Å². The van der Waals surface area contributed by atoms with Gasteiger partial charge in [-0.25, -0.2) is 0 Å². The first kappa shape index (κ1) is 22.1. The van der Waals surface area contributed by atoms with Crippen LogP contribution in [-0.4, -0.2) is 38.9 Å². The SMILES string of the molecule is CN=C(NCc1cc(OC)c(O)c(OC)c1)NCC1(c2ccccc2)CC1.I. The molecule has 2 aromatic rings. The fourth-order valence-electron chi connectivity index (χ4n) is 3.22. The third-order valence-electron chi connectivity index (χ3n) is 5.06. The minimum Gasteiger partial charge on any atom is -0.502 e. The smallest absolute Gasteiger partial charge is 0.200 e. The number of aliphatic imine (C=N–C) groups is 1. The number of nitrogens with one attached hydrogen (secondary N) is 2. The van der Waals surface area contributed by atoms with E-state index in [1.165, 1.54) is 32.6 Å². The summed E-state index contributed by atoms with van der Waals surface area (Å²) in [5.74, 6) is 1.51. The molecule has 0 aliphatic heterocycles. The molecule has 152 valence electrons. The quantitative estimate of drug-likeness (QED) is 0.311. The molecule has 6 nitrogen and oxygen atoms in total. The maximum absolute atomic E-state index is 10.0. The molecule has 0 heterocycles. The number of phenols is 1. The molecule has 1 aliphatic carbocycles. The molecule has 28 heavy (non-hydrogen) atoms. The molecule has 0 spiro atoms. The van der Waals surface area contributed by atoms with Crippen molar-refractivity contribution in [3.63, 3.8) is 0 Å². The fourth-order valence-corrected chi connectivity index (χ4v) is 3.22. The predicted octanol–water partition coefficient (Wildman–Crippen LogP) is 3.42. The monoisotopic (exact) mass is 497 g/mol. The molecule has 0 aromatic heterocycles. The maximum atomic E-state index is 10.0. The van der Waals surface area contributed by atoms with Crippen LogP contribution in [0.5, 0.6) is 17.2 Å². The van der Waals surface area contributed by atoms with Gasteiger partial charge in [-0.2, -0.15) is 0 Å². The first-order valence-corrected chi connectivity index (χ1v) is 9.06. The molecule has 0 unspecified atom stereocenters. The Balaban J connectivity index is 0.00000280. The Morgan fingerprint density at radius 2 is 1.68 bits per heavy atom. The third-order valence-corrected chi connectivity index (χ3v) is 5.06. The second kappa shape index (κ2) is 9.86. The molecule has 7 heteroatoms. The molecular formula is C21H28IN3O3. The molecule has 1 fully saturated rings. The summed E-state index contributed by atoms with van der Waals surface area (Å²) in [5.41, 5.74) is 2.51. The lowest BCUT2D eigenvalue weighted by Crippen LogP contribution is -2.40. The van der Waals surface area contributed by atoms with Crippen LogP contribution in [0.2, 0.25) is 0 Å². The van der Waals surface area contributed by atoms with Crippen LogP contribution < -0.4 is 20.1 Å². The Labute approximate surface area is 183 Å². The highest BCUT2D eigenvalue weighted by Crippen LogP contribution is 2.47. The number of guanidine groups is 1. The lowest BCUT2D eigenvalue weighted by atomic mass is 9.96. The first-order valence-electron chi connectivity index (χ1n) is 9.06. The highest BCUT2D eigenvalue weighted by molar-refractivity contribution is 14.0. The van der Waals surface area contributed by atoms with E-state index in [4.69, 9.17) is 9.47 Å². The average molecular weight is 497 g/mol. The summed E-state index contributed by atoms with van der Waals surface area (Å²) < 4.78 is 10.4. The topological polar surface area (TPSA) is 75.1 Å². The van der Waals surface area contributed by atoms with Crippen molar-refractivity contribution in [2.45, 2.75) is 24.8 Å². The number of halogens is 1. The van der Waals surface area contributed by atoms with Crippen LogP contribution in [0.3, 0.4) is 0 Å². The largest absolute Gasteiger partial charge is 0.502 e. The van der Waals surface area contributed by atoms with Gasteiger partial charge in [0.05, 0.1) is 14.2 Å². The van der Waals surface area contributed by atoms with E-state index in [2.05, 4.69) is 39.9 Å². The standard InChI is InChI=1S/C21H27N3O3.HI/c1-22-20(24-14-21(9-10-21)16-7-5-4-6-8-16)23-13-15-11-17(26-2)19(25)18(12-15)27-3;/h4-8,11-12,25H,9-10,13-14H2,1-3H3,(H2,22,23,24);1H. The van der Waals surface area contributed by atoms with Gasteiger partial charge in [-0.15, -0.1) is 24.0 Å². The zero-order valence-electron chi connectivity index (χ0n) is 16.5. The van der Waals surface area contributed by atoms with E-state index in [1.807, 2.05) is 6.07 Å². The summed E-state index contributed by atoms with van der Waals surface area (Å²) in [4.78, 5) is 4.31. The molecule has 0 radical (unpaired) electrons. The van der Waals surface area contributed by atoms with Crippen LogP contribution >= 0.6 is 24.0 Å². The van der Waals surface area contributed by atoms with Crippen molar-refractivity contribution in [1.29, 1.82) is 0 Å². The molecule has 3 rings (SSSR count). The van der Waals surface area contributed by atoms with Gasteiger partial charge in [-0.05, 0) is 36.1 Å². The van der Waals surface area contributed by atoms with Crippen LogP contribution in [0.1, 0.15) is 24.0 Å².